The third-order valence-electron chi connectivity index (χ3n) is 4.85. The summed E-state index contributed by atoms with van der Waals surface area (Å²) in [6.07, 6.45) is 5.29. The lowest BCUT2D eigenvalue weighted by atomic mass is 9.98. The van der Waals surface area contributed by atoms with Gasteiger partial charge in [0.1, 0.15) is 12.4 Å². The van der Waals surface area contributed by atoms with Crippen molar-refractivity contribution in [3.05, 3.63) is 48.3 Å². The van der Waals surface area contributed by atoms with Crippen molar-refractivity contribution in [3.63, 3.8) is 0 Å². The molecule has 3 rings (SSSR count). The first-order valence-electron chi connectivity index (χ1n) is 8.97. The standard InChI is InChI=1S/C20H25N3O3/c21-20(25)18-11-17(12-22-13-18)16-1-3-19(4-2-16)26-10-9-23-7-5-15(14-24)6-8-23/h1-4,11-13,15,24H,5-10,14H2,(H2,21,25). The SMILES string of the molecule is NC(=O)c1cncc(-c2ccc(OCCN3CCC(CO)CC3)cc2)c1. The largest absolute Gasteiger partial charge is 0.492 e. The van der Waals surface area contributed by atoms with E-state index in [1.165, 1.54) is 6.20 Å². The minimum atomic E-state index is -0.484. The lowest BCUT2D eigenvalue weighted by Gasteiger charge is -2.30. The number of amides is 1. The Bertz CT molecular complexity index is 725. The third-order valence-corrected chi connectivity index (χ3v) is 4.85. The van der Waals surface area contributed by atoms with E-state index in [-0.39, 0.29) is 0 Å². The van der Waals surface area contributed by atoms with Gasteiger partial charge in [0, 0.05) is 31.1 Å². The molecular weight excluding hydrogens is 330 g/mol. The van der Waals surface area contributed by atoms with Crippen LogP contribution in [0.2, 0.25) is 0 Å². The van der Waals surface area contributed by atoms with Gasteiger partial charge in [-0.3, -0.25) is 14.7 Å². The first-order valence-corrected chi connectivity index (χ1v) is 8.97. The van der Waals surface area contributed by atoms with E-state index < -0.39 is 5.91 Å². The van der Waals surface area contributed by atoms with Crippen LogP contribution < -0.4 is 10.5 Å². The van der Waals surface area contributed by atoms with Gasteiger partial charge in [0.15, 0.2) is 0 Å². The van der Waals surface area contributed by atoms with Crippen molar-refractivity contribution in [2.75, 3.05) is 32.8 Å². The molecule has 6 nitrogen and oxygen atoms in total. The van der Waals surface area contributed by atoms with Gasteiger partial charge in [0.2, 0.25) is 5.91 Å². The van der Waals surface area contributed by atoms with Gasteiger partial charge in [0.05, 0.1) is 5.56 Å². The number of rotatable bonds is 7. The molecule has 0 radical (unpaired) electrons. The maximum Gasteiger partial charge on any atom is 0.250 e. The molecule has 1 aliphatic rings. The molecule has 1 aromatic carbocycles. The third kappa shape index (κ3) is 4.80. The number of aromatic nitrogens is 1. The maximum absolute atomic E-state index is 11.3. The monoisotopic (exact) mass is 355 g/mol. The summed E-state index contributed by atoms with van der Waals surface area (Å²) in [6.45, 7) is 3.88. The van der Waals surface area contributed by atoms with Gasteiger partial charge in [0.25, 0.3) is 0 Å². The van der Waals surface area contributed by atoms with Gasteiger partial charge in [-0.1, -0.05) is 12.1 Å². The number of carbonyl (C=O) groups excluding carboxylic acids is 1. The van der Waals surface area contributed by atoms with Gasteiger partial charge in [-0.2, -0.15) is 0 Å². The highest BCUT2D eigenvalue weighted by Crippen LogP contribution is 2.23. The van der Waals surface area contributed by atoms with Crippen LogP contribution in [0.25, 0.3) is 11.1 Å². The zero-order valence-electron chi connectivity index (χ0n) is 14.8. The van der Waals surface area contributed by atoms with Gasteiger partial charge in [-0.15, -0.1) is 0 Å². The Hall–Kier alpha value is -2.44. The van der Waals surface area contributed by atoms with Crippen LogP contribution in [0.4, 0.5) is 0 Å². The fourth-order valence-electron chi connectivity index (χ4n) is 3.16. The normalized spacial score (nSPS) is 15.7. The molecule has 1 fully saturated rings. The van der Waals surface area contributed by atoms with E-state index in [0.717, 1.165) is 49.4 Å². The minimum absolute atomic E-state index is 0.300. The molecule has 0 spiro atoms. The number of likely N-dealkylation sites (tertiary alicyclic amines) is 1. The number of aliphatic hydroxyl groups is 1. The minimum Gasteiger partial charge on any atom is -0.492 e. The second-order valence-corrected chi connectivity index (χ2v) is 6.67. The lowest BCUT2D eigenvalue weighted by Crippen LogP contribution is -2.37. The Morgan fingerprint density at radius 2 is 1.92 bits per heavy atom. The first-order chi connectivity index (χ1) is 12.7. The molecule has 0 saturated carbocycles. The van der Waals surface area contributed by atoms with Crippen molar-refractivity contribution in [1.82, 2.24) is 9.88 Å². The van der Waals surface area contributed by atoms with Crippen LogP contribution in [0.5, 0.6) is 5.75 Å². The summed E-state index contributed by atoms with van der Waals surface area (Å²) in [7, 11) is 0. The van der Waals surface area contributed by atoms with E-state index in [1.54, 1.807) is 12.3 Å². The highest BCUT2D eigenvalue weighted by Gasteiger charge is 2.17. The average molecular weight is 355 g/mol. The smallest absolute Gasteiger partial charge is 0.250 e. The van der Waals surface area contributed by atoms with Crippen molar-refractivity contribution in [3.8, 4) is 16.9 Å². The highest BCUT2D eigenvalue weighted by atomic mass is 16.5. The number of hydrogen-bond acceptors (Lipinski definition) is 5. The molecule has 1 aromatic heterocycles. The van der Waals surface area contributed by atoms with Gasteiger partial charge < -0.3 is 15.6 Å². The molecule has 138 valence electrons. The summed E-state index contributed by atoms with van der Waals surface area (Å²) in [6, 6.07) is 9.48. The number of pyridine rings is 1. The second kappa shape index (κ2) is 8.78. The summed E-state index contributed by atoms with van der Waals surface area (Å²) in [5, 5.41) is 9.18. The molecule has 2 heterocycles. The lowest BCUT2D eigenvalue weighted by molar-refractivity contribution is 0.1000. The molecule has 1 amide bonds. The number of primary amides is 1. The van der Waals surface area contributed by atoms with E-state index in [9.17, 15) is 9.90 Å². The van der Waals surface area contributed by atoms with E-state index in [1.807, 2.05) is 24.3 Å². The zero-order valence-corrected chi connectivity index (χ0v) is 14.8. The number of aliphatic hydroxyl groups excluding tert-OH is 1. The van der Waals surface area contributed by atoms with Crippen molar-refractivity contribution in [2.45, 2.75) is 12.8 Å². The number of benzene rings is 1. The number of ether oxygens (including phenoxy) is 1. The molecule has 1 aliphatic heterocycles. The molecule has 0 unspecified atom stereocenters. The summed E-state index contributed by atoms with van der Waals surface area (Å²) < 4.78 is 5.83. The number of nitrogens with two attached hydrogens (primary N) is 1. The van der Waals surface area contributed by atoms with Crippen LogP contribution in [-0.2, 0) is 0 Å². The molecule has 26 heavy (non-hydrogen) atoms. The van der Waals surface area contributed by atoms with Crippen LogP contribution in [0.15, 0.2) is 42.7 Å². The highest BCUT2D eigenvalue weighted by molar-refractivity contribution is 5.93. The van der Waals surface area contributed by atoms with E-state index in [2.05, 4.69) is 9.88 Å². The first kappa shape index (κ1) is 18.4. The predicted molar refractivity (Wildman–Crippen MR) is 99.9 cm³/mol. The Morgan fingerprint density at radius 3 is 2.58 bits per heavy atom. The Kier molecular flexibility index (Phi) is 6.20. The van der Waals surface area contributed by atoms with Crippen LogP contribution in [0.1, 0.15) is 23.2 Å². The van der Waals surface area contributed by atoms with E-state index in [4.69, 9.17) is 10.5 Å². The van der Waals surface area contributed by atoms with Crippen LogP contribution in [-0.4, -0.2) is 53.7 Å². The predicted octanol–water partition coefficient (Wildman–Crippen LogP) is 1.93. The number of piperidine rings is 1. The summed E-state index contributed by atoms with van der Waals surface area (Å²) >= 11 is 0. The molecule has 0 atom stereocenters. The molecular formula is C20H25N3O3. The molecule has 2 aromatic rings. The topological polar surface area (TPSA) is 88.7 Å². The summed E-state index contributed by atoms with van der Waals surface area (Å²) in [4.78, 5) is 17.7. The second-order valence-electron chi connectivity index (χ2n) is 6.67. The fourth-order valence-corrected chi connectivity index (χ4v) is 3.16. The van der Waals surface area contributed by atoms with Crippen LogP contribution in [0, 0.1) is 5.92 Å². The fraction of sp³-hybridized carbons (Fsp3) is 0.400. The van der Waals surface area contributed by atoms with Crippen molar-refractivity contribution in [2.24, 2.45) is 11.7 Å². The summed E-state index contributed by atoms with van der Waals surface area (Å²) in [5.74, 6) is 0.794. The molecule has 0 bridgehead atoms. The van der Waals surface area contributed by atoms with E-state index in [0.29, 0.717) is 24.7 Å². The van der Waals surface area contributed by atoms with Gasteiger partial charge >= 0.3 is 0 Å². The molecule has 1 saturated heterocycles. The number of hydrogen-bond donors (Lipinski definition) is 2. The quantitative estimate of drug-likeness (QED) is 0.792. The van der Waals surface area contributed by atoms with Crippen LogP contribution in [0.3, 0.4) is 0 Å². The van der Waals surface area contributed by atoms with Gasteiger partial charge in [-0.05, 0) is 55.6 Å². The number of nitrogens with zero attached hydrogens (tertiary/aromatic N) is 2. The van der Waals surface area contributed by atoms with Crippen LogP contribution >= 0.6 is 0 Å². The van der Waals surface area contributed by atoms with Crippen molar-refractivity contribution < 1.29 is 14.6 Å². The Labute approximate surface area is 153 Å². The molecule has 6 heteroatoms. The molecule has 0 aliphatic carbocycles. The van der Waals surface area contributed by atoms with E-state index >= 15 is 0 Å². The van der Waals surface area contributed by atoms with Gasteiger partial charge in [-0.25, -0.2) is 0 Å². The molecule has 3 N–H and O–H groups in total. The van der Waals surface area contributed by atoms with Crippen molar-refractivity contribution >= 4 is 5.91 Å². The average Bonchev–Trinajstić information content (AvgIpc) is 2.69. The maximum atomic E-state index is 11.3. The summed E-state index contributed by atoms with van der Waals surface area (Å²) in [5.41, 5.74) is 7.50. The van der Waals surface area contributed by atoms with Crippen molar-refractivity contribution in [1.29, 1.82) is 0 Å². The number of carbonyl (C=O) groups is 1. The zero-order chi connectivity index (χ0) is 18.4. The Balaban J connectivity index is 1.50. The Morgan fingerprint density at radius 1 is 1.19 bits per heavy atom.